The monoisotopic (exact) mass is 618 g/mol. The van der Waals surface area contributed by atoms with Gasteiger partial charge >= 0.3 is 11.9 Å². The van der Waals surface area contributed by atoms with Crippen LogP contribution in [-0.2, 0) is 56.8 Å². The second-order valence-corrected chi connectivity index (χ2v) is 8.37. The van der Waals surface area contributed by atoms with Gasteiger partial charge in [0.1, 0.15) is 40.2 Å². The molecule has 0 aromatic rings. The molecule has 3 N–H and O–H groups in total. The highest BCUT2D eigenvalue weighted by Gasteiger charge is 2.00. The molecule has 0 saturated carbocycles. The van der Waals surface area contributed by atoms with Gasteiger partial charge in [0.05, 0.1) is 12.5 Å². The van der Waals surface area contributed by atoms with Crippen molar-refractivity contribution >= 4 is 76.2 Å². The summed E-state index contributed by atoms with van der Waals surface area (Å²) in [6.07, 6.45) is -0.891. The summed E-state index contributed by atoms with van der Waals surface area (Å²) in [5.41, 5.74) is 0. The molecule has 14 nitrogen and oxygen atoms in total. The Hall–Kier alpha value is -0.690. The Morgan fingerprint density at radius 3 is 1.17 bits per heavy atom. The lowest BCUT2D eigenvalue weighted by Gasteiger charge is -1.95. The van der Waals surface area contributed by atoms with Crippen molar-refractivity contribution in [3.05, 3.63) is 0 Å². The first-order valence-electron chi connectivity index (χ1n) is 8.60. The van der Waals surface area contributed by atoms with E-state index in [0.717, 1.165) is 0 Å². The van der Waals surface area contributed by atoms with Crippen molar-refractivity contribution in [1.82, 2.24) is 0 Å². The summed E-state index contributed by atoms with van der Waals surface area (Å²) < 4.78 is 35.9. The van der Waals surface area contributed by atoms with Crippen LogP contribution >= 0.6 is 44.6 Å². The number of aliphatic carboxylic acids is 2. The molecule has 0 amide bonds. The number of carboxylic acid groups (broad SMARTS) is 2. The fourth-order valence-electron chi connectivity index (χ4n) is 0.876. The van der Waals surface area contributed by atoms with Gasteiger partial charge < -0.3 is 43.7 Å². The topological polar surface area (TPSA) is 201 Å². The molecule has 0 aliphatic heterocycles. The molecule has 0 aliphatic rings. The highest BCUT2D eigenvalue weighted by atomic mass is 36.0. The van der Waals surface area contributed by atoms with Crippen molar-refractivity contribution in [3.63, 3.8) is 0 Å². The number of halogens is 4. The zero-order valence-electron chi connectivity index (χ0n) is 19.3. The SMILES string of the molecule is CC(O)CC(=O)O.COCOCC(=O)Cl.COCOCC(=O)Cl.COCOCC(=O)O.O=S(Cl)Cl. The number of ether oxygens (including phenoxy) is 6. The summed E-state index contributed by atoms with van der Waals surface area (Å²) in [5.74, 6) is -1.95. The van der Waals surface area contributed by atoms with E-state index in [4.69, 9.17) is 42.7 Å². The summed E-state index contributed by atoms with van der Waals surface area (Å²) in [6, 6.07) is 0. The maximum atomic E-state index is 9.90. The summed E-state index contributed by atoms with van der Waals surface area (Å²) in [6.45, 7) is 1.22. The molecule has 0 bridgehead atoms. The van der Waals surface area contributed by atoms with Gasteiger partial charge in [0, 0.05) is 42.7 Å². The molecule has 0 spiro atoms. The zero-order chi connectivity index (χ0) is 28.7. The zero-order valence-corrected chi connectivity index (χ0v) is 23.1. The molecule has 212 valence electrons. The molecule has 19 heteroatoms. The molecule has 35 heavy (non-hydrogen) atoms. The summed E-state index contributed by atoms with van der Waals surface area (Å²) in [4.78, 5) is 39.2. The van der Waals surface area contributed by atoms with E-state index in [-0.39, 0.29) is 46.6 Å². The Balaban J connectivity index is -0.000000109. The molecule has 0 aliphatic carbocycles. The van der Waals surface area contributed by atoms with Crippen LogP contribution in [0, 0.1) is 0 Å². The molecule has 1 unspecified atom stereocenters. The largest absolute Gasteiger partial charge is 0.481 e. The molecule has 1 atom stereocenters. The third-order valence-corrected chi connectivity index (χ3v) is 1.95. The lowest BCUT2D eigenvalue weighted by Crippen LogP contribution is -2.08. The Morgan fingerprint density at radius 1 is 0.743 bits per heavy atom. The lowest BCUT2D eigenvalue weighted by atomic mass is 10.3. The minimum Gasteiger partial charge on any atom is -0.481 e. The lowest BCUT2D eigenvalue weighted by molar-refractivity contribution is -0.146. The number of carboxylic acids is 2. The third-order valence-electron chi connectivity index (χ3n) is 1.73. The van der Waals surface area contributed by atoms with E-state index in [1.165, 1.54) is 28.3 Å². The van der Waals surface area contributed by atoms with Gasteiger partial charge in [-0.15, -0.1) is 0 Å². The molecule has 0 rings (SSSR count). The standard InChI is InChI=1S/2C4H7ClO3.C4H8O4.C4H8O3.Cl2OS/c3*1-7-3-8-2-4(5)6;1-3(5)2-4(6)7;1-4(2)3/h2*2-3H2,1H3;2-3H2,1H3,(H,5,6);3,5H,2H2,1H3,(H,6,7);. The van der Waals surface area contributed by atoms with Gasteiger partial charge in [-0.3, -0.25) is 14.4 Å². The predicted molar refractivity (Wildman–Crippen MR) is 127 cm³/mol. The second-order valence-electron chi connectivity index (χ2n) is 5.00. The molecule has 0 aromatic heterocycles. The highest BCUT2D eigenvalue weighted by molar-refractivity contribution is 8.26. The van der Waals surface area contributed by atoms with Crippen LogP contribution in [0.25, 0.3) is 0 Å². The van der Waals surface area contributed by atoms with Crippen LogP contribution < -0.4 is 0 Å². The number of aliphatic hydroxyl groups is 1. The maximum absolute atomic E-state index is 9.90. The van der Waals surface area contributed by atoms with Crippen molar-refractivity contribution in [2.75, 3.05) is 61.5 Å². The number of carbonyl (C=O) groups excluding carboxylic acids is 2. The van der Waals surface area contributed by atoms with Crippen LogP contribution in [0.4, 0.5) is 0 Å². The number of hydrogen-bond acceptors (Lipinski definition) is 12. The van der Waals surface area contributed by atoms with Gasteiger partial charge in [-0.05, 0) is 30.1 Å². The van der Waals surface area contributed by atoms with Crippen LogP contribution in [0.15, 0.2) is 0 Å². The van der Waals surface area contributed by atoms with Crippen molar-refractivity contribution in [1.29, 1.82) is 0 Å². The van der Waals surface area contributed by atoms with Gasteiger partial charge in [-0.1, -0.05) is 0 Å². The van der Waals surface area contributed by atoms with Crippen LogP contribution in [-0.4, -0.2) is 110 Å². The van der Waals surface area contributed by atoms with Crippen molar-refractivity contribution in [2.24, 2.45) is 0 Å². The Labute approximate surface area is 224 Å². The minimum absolute atomic E-state index is 0.0340. The van der Waals surface area contributed by atoms with E-state index in [2.05, 4.69) is 49.8 Å². The molecule has 0 radical (unpaired) electrons. The third kappa shape index (κ3) is 97.4. The van der Waals surface area contributed by atoms with Crippen LogP contribution in [0.1, 0.15) is 13.3 Å². The fourth-order valence-corrected chi connectivity index (χ4v) is 1.03. The Bertz CT molecular complexity index is 489. The number of aliphatic hydroxyl groups excluding tert-OH is 1. The molecule has 0 heterocycles. The van der Waals surface area contributed by atoms with E-state index in [9.17, 15) is 19.2 Å². The number of rotatable bonds is 14. The van der Waals surface area contributed by atoms with E-state index < -0.39 is 37.8 Å². The smallest absolute Gasteiger partial charge is 0.329 e. The van der Waals surface area contributed by atoms with Crippen molar-refractivity contribution in [2.45, 2.75) is 19.4 Å². The molecule has 0 aromatic carbocycles. The average molecular weight is 620 g/mol. The van der Waals surface area contributed by atoms with Gasteiger partial charge in [0.2, 0.25) is 19.7 Å². The van der Waals surface area contributed by atoms with E-state index in [1.807, 2.05) is 0 Å². The molecular weight excluding hydrogens is 590 g/mol. The predicted octanol–water partition coefficient (Wildman–Crippen LogP) is 1.32. The maximum Gasteiger partial charge on any atom is 0.329 e. The quantitative estimate of drug-likeness (QED) is 0.143. The van der Waals surface area contributed by atoms with Gasteiger partial charge in [-0.2, -0.15) is 0 Å². The van der Waals surface area contributed by atoms with Gasteiger partial charge in [-0.25, -0.2) is 9.00 Å². The Kier molecular flexibility index (Phi) is 47.9. The van der Waals surface area contributed by atoms with Crippen molar-refractivity contribution in [3.8, 4) is 0 Å². The molecule has 0 fully saturated rings. The minimum atomic E-state index is -1.67. The normalized spacial score (nSPS) is 10.0. The molecule has 0 saturated heterocycles. The highest BCUT2D eigenvalue weighted by Crippen LogP contribution is 1.89. The van der Waals surface area contributed by atoms with Crippen LogP contribution in [0.5, 0.6) is 0 Å². The first kappa shape index (κ1) is 44.3. The van der Waals surface area contributed by atoms with E-state index >= 15 is 0 Å². The van der Waals surface area contributed by atoms with E-state index in [0.29, 0.717) is 0 Å². The van der Waals surface area contributed by atoms with Crippen molar-refractivity contribution < 1.29 is 67.1 Å². The first-order valence-corrected chi connectivity index (χ1v) is 12.2. The Morgan fingerprint density at radius 2 is 1.03 bits per heavy atom. The summed E-state index contributed by atoms with van der Waals surface area (Å²) >= 11 is 9.79. The summed E-state index contributed by atoms with van der Waals surface area (Å²) in [5, 5.41) is 23.2. The number of carbonyl (C=O) groups is 4. The number of hydrogen-bond donors (Lipinski definition) is 3. The van der Waals surface area contributed by atoms with E-state index in [1.54, 1.807) is 0 Å². The second kappa shape index (κ2) is 37.9. The fraction of sp³-hybridized carbons (Fsp3) is 0.750. The van der Waals surface area contributed by atoms with Crippen LogP contribution in [0.2, 0.25) is 0 Å². The average Bonchev–Trinajstić information content (AvgIpc) is 2.68. The first-order chi connectivity index (χ1) is 16.2. The number of methoxy groups -OCH3 is 3. The van der Waals surface area contributed by atoms with Crippen LogP contribution in [0.3, 0.4) is 0 Å². The summed E-state index contributed by atoms with van der Waals surface area (Å²) in [7, 11) is 11.7. The van der Waals surface area contributed by atoms with Gasteiger partial charge in [0.15, 0.2) is 0 Å². The van der Waals surface area contributed by atoms with Gasteiger partial charge in [0.25, 0.3) is 0 Å². The molecular formula is C16H30Cl4O14S.